The Morgan fingerprint density at radius 3 is 2.49 bits per heavy atom. The Morgan fingerprint density at radius 1 is 1.16 bits per heavy atom. The molecule has 0 aliphatic carbocycles. The van der Waals surface area contributed by atoms with E-state index in [2.05, 4.69) is 49.3 Å². The van der Waals surface area contributed by atoms with Crippen LogP contribution in [0, 0.1) is 0 Å². The number of nitrogen functional groups attached to an aromatic ring is 1. The molecule has 236 valence electrons. The molecule has 1 fully saturated rings. The van der Waals surface area contributed by atoms with Crippen LogP contribution in [-0.4, -0.2) is 82.1 Å². The molecule has 0 radical (unpaired) electrons. The Hall–Kier alpha value is -2.55. The van der Waals surface area contributed by atoms with Crippen molar-refractivity contribution in [3.05, 3.63) is 44.9 Å². The standard InChI is InChI=1S/C18H22BrN6O15P3/c1-21-8-5-3-2-4-7(8)16(28)38-12-9(6-36-42(32,33)40-43(34,35)39-41(29,30)31)37-15(11(12)26)25-13-10(22-17(25)19)14(27)24-18(20)23-13/h2-5,9,11-12,15,21,26H,6H2,1H3,(H,32,33)(H,34,35)(H2,29,30,31)(H3,20,23,24,27)/t9-,11-,12-,15-/m1/s1. The summed E-state index contributed by atoms with van der Waals surface area (Å²) >= 11 is 3.12. The van der Waals surface area contributed by atoms with Crippen LogP contribution in [0.4, 0.5) is 11.6 Å². The van der Waals surface area contributed by atoms with Crippen molar-refractivity contribution in [1.29, 1.82) is 0 Å². The van der Waals surface area contributed by atoms with Crippen LogP contribution in [0.5, 0.6) is 0 Å². The number of carbonyl (C=O) groups is 1. The molecule has 3 heterocycles. The van der Waals surface area contributed by atoms with Crippen molar-refractivity contribution in [2.45, 2.75) is 24.5 Å². The zero-order chi connectivity index (χ0) is 31.9. The molecule has 21 nitrogen and oxygen atoms in total. The van der Waals surface area contributed by atoms with Crippen LogP contribution >= 0.6 is 39.4 Å². The predicted octanol–water partition coefficient (Wildman–Crippen LogP) is 0.333. The van der Waals surface area contributed by atoms with E-state index < -0.39 is 66.1 Å². The van der Waals surface area contributed by atoms with Gasteiger partial charge in [0, 0.05) is 12.7 Å². The maximum absolute atomic E-state index is 13.1. The molecule has 0 spiro atoms. The first kappa shape index (κ1) is 33.3. The smallest absolute Gasteiger partial charge is 0.453 e. The van der Waals surface area contributed by atoms with Crippen molar-refractivity contribution < 1.29 is 65.8 Å². The number of nitrogens with two attached hydrogens (primary N) is 1. The fraction of sp³-hybridized carbons (Fsp3) is 0.333. The minimum atomic E-state index is -5.85. The van der Waals surface area contributed by atoms with E-state index >= 15 is 0 Å². The van der Waals surface area contributed by atoms with Crippen LogP contribution in [0.15, 0.2) is 33.8 Å². The van der Waals surface area contributed by atoms with E-state index in [-0.39, 0.29) is 27.4 Å². The van der Waals surface area contributed by atoms with E-state index in [1.807, 2.05) is 0 Å². The highest BCUT2D eigenvalue weighted by Gasteiger charge is 2.50. The zero-order valence-electron chi connectivity index (χ0n) is 21.3. The molecule has 0 amide bonds. The molecule has 0 bridgehead atoms. The first-order valence-electron chi connectivity index (χ1n) is 11.4. The maximum Gasteiger partial charge on any atom is 0.490 e. The number of H-pyrrole nitrogens is 1. The molecule has 25 heteroatoms. The lowest BCUT2D eigenvalue weighted by atomic mass is 10.1. The summed E-state index contributed by atoms with van der Waals surface area (Å²) in [6.45, 7) is -1.09. The number of anilines is 2. The Labute approximate surface area is 247 Å². The largest absolute Gasteiger partial charge is 0.490 e. The van der Waals surface area contributed by atoms with Gasteiger partial charge in [-0.2, -0.15) is 13.6 Å². The van der Waals surface area contributed by atoms with E-state index in [1.165, 1.54) is 19.2 Å². The third-order valence-electron chi connectivity index (χ3n) is 5.57. The number of halogens is 1. The Balaban J connectivity index is 1.66. The van der Waals surface area contributed by atoms with Crippen molar-refractivity contribution >= 4 is 68.2 Å². The van der Waals surface area contributed by atoms with Crippen molar-refractivity contribution in [3.8, 4) is 0 Å². The number of nitrogens with zero attached hydrogens (tertiary/aromatic N) is 3. The van der Waals surface area contributed by atoms with E-state index in [0.29, 0.717) is 5.69 Å². The van der Waals surface area contributed by atoms with Crippen LogP contribution in [0.1, 0.15) is 16.6 Å². The number of fused-ring (bicyclic) bond motifs is 1. The minimum Gasteiger partial charge on any atom is -0.453 e. The van der Waals surface area contributed by atoms with Gasteiger partial charge >= 0.3 is 29.4 Å². The molecule has 3 aromatic rings. The number of benzene rings is 1. The van der Waals surface area contributed by atoms with Crippen LogP contribution in [0.2, 0.25) is 0 Å². The number of aromatic nitrogens is 4. The molecule has 4 rings (SSSR count). The van der Waals surface area contributed by atoms with E-state index in [9.17, 15) is 38.2 Å². The summed E-state index contributed by atoms with van der Waals surface area (Å²) in [6, 6.07) is 6.10. The Bertz CT molecular complexity index is 1750. The summed E-state index contributed by atoms with van der Waals surface area (Å²) in [7, 11) is -15.6. The number of ether oxygens (including phenoxy) is 2. The summed E-state index contributed by atoms with van der Waals surface area (Å²) in [4.78, 5) is 72.4. The monoisotopic (exact) mass is 734 g/mol. The summed E-state index contributed by atoms with van der Waals surface area (Å²) < 4.78 is 59.1. The first-order valence-corrected chi connectivity index (χ1v) is 16.8. The second-order valence-electron chi connectivity index (χ2n) is 8.48. The maximum atomic E-state index is 13.1. The quantitative estimate of drug-likeness (QED) is 0.0747. The van der Waals surface area contributed by atoms with Gasteiger partial charge in [0.25, 0.3) is 5.56 Å². The molecule has 2 aromatic heterocycles. The molecule has 0 saturated carbocycles. The van der Waals surface area contributed by atoms with Gasteiger partial charge in [-0.1, -0.05) is 12.1 Å². The number of nitrogens with one attached hydrogen (secondary N) is 2. The van der Waals surface area contributed by atoms with Gasteiger partial charge in [0.2, 0.25) is 5.95 Å². The van der Waals surface area contributed by atoms with Crippen LogP contribution in [0.3, 0.4) is 0 Å². The number of phosphoric acid groups is 3. The van der Waals surface area contributed by atoms with Gasteiger partial charge in [-0.15, -0.1) is 0 Å². The second kappa shape index (κ2) is 12.4. The van der Waals surface area contributed by atoms with E-state index in [0.717, 1.165) is 4.57 Å². The number of rotatable bonds is 11. The van der Waals surface area contributed by atoms with E-state index in [4.69, 9.17) is 25.0 Å². The van der Waals surface area contributed by atoms with Gasteiger partial charge in [-0.05, 0) is 28.1 Å². The molecule has 1 aliphatic heterocycles. The lowest BCUT2D eigenvalue weighted by Gasteiger charge is -2.22. The molecule has 2 unspecified atom stereocenters. The molecule has 43 heavy (non-hydrogen) atoms. The molecule has 1 saturated heterocycles. The van der Waals surface area contributed by atoms with Gasteiger partial charge in [0.05, 0.1) is 12.2 Å². The number of aliphatic hydroxyl groups is 1. The predicted molar refractivity (Wildman–Crippen MR) is 145 cm³/mol. The number of hydrogen-bond donors (Lipinski definition) is 8. The summed E-state index contributed by atoms with van der Waals surface area (Å²) in [6.07, 6.45) is -6.71. The normalized spacial score (nSPS) is 23.5. The molecule has 1 aliphatic rings. The SMILES string of the molecule is CNc1ccccc1C(=O)O[C@H]1[C@@H](O)[C@H](n2c(Br)nc3c(=O)[nH]c(N)nc32)O[C@@H]1COP(=O)(O)OP(=O)(O)OP(=O)(O)O. The van der Waals surface area contributed by atoms with Gasteiger partial charge in [0.15, 0.2) is 28.2 Å². The van der Waals surface area contributed by atoms with Gasteiger partial charge in [-0.3, -0.25) is 18.9 Å². The number of esters is 1. The number of aromatic amines is 1. The molecule has 9 N–H and O–H groups in total. The van der Waals surface area contributed by atoms with Gasteiger partial charge in [0.1, 0.15) is 12.2 Å². The number of aliphatic hydroxyl groups excluding tert-OH is 1. The van der Waals surface area contributed by atoms with E-state index in [1.54, 1.807) is 12.1 Å². The summed E-state index contributed by atoms with van der Waals surface area (Å²) in [5.41, 5.74) is 4.83. The topological polar surface area (TPSA) is 317 Å². The van der Waals surface area contributed by atoms with Crippen LogP contribution in [0.25, 0.3) is 11.2 Å². The molecule has 1 aromatic carbocycles. The Morgan fingerprint density at radius 2 is 1.84 bits per heavy atom. The van der Waals surface area contributed by atoms with Crippen molar-refractivity contribution in [2.24, 2.45) is 0 Å². The number of carbonyl (C=O) groups excluding carboxylic acids is 1. The third-order valence-corrected chi connectivity index (χ3v) is 9.93. The van der Waals surface area contributed by atoms with Crippen molar-refractivity contribution in [3.63, 3.8) is 0 Å². The summed E-state index contributed by atoms with van der Waals surface area (Å²) in [5.74, 6) is -1.32. The lowest BCUT2D eigenvalue weighted by molar-refractivity contribution is -0.0528. The van der Waals surface area contributed by atoms with Crippen LogP contribution in [-0.2, 0) is 36.3 Å². The minimum absolute atomic E-state index is 0.0162. The number of imidazole rings is 1. The summed E-state index contributed by atoms with van der Waals surface area (Å²) in [5, 5.41) is 14.0. The Kier molecular flexibility index (Phi) is 9.65. The number of hydrogen-bond acceptors (Lipinski definition) is 15. The van der Waals surface area contributed by atoms with Crippen molar-refractivity contribution in [2.75, 3.05) is 24.7 Å². The first-order chi connectivity index (χ1) is 19.9. The van der Waals surface area contributed by atoms with Crippen LogP contribution < -0.4 is 16.6 Å². The average molecular weight is 735 g/mol. The van der Waals surface area contributed by atoms with Gasteiger partial charge in [-0.25, -0.2) is 23.5 Å². The highest BCUT2D eigenvalue weighted by atomic mass is 79.9. The molecular weight excluding hydrogens is 713 g/mol. The van der Waals surface area contributed by atoms with Gasteiger partial charge < -0.3 is 45.2 Å². The average Bonchev–Trinajstić information content (AvgIpc) is 3.36. The number of para-hydroxylation sites is 1. The zero-order valence-corrected chi connectivity index (χ0v) is 25.6. The number of phosphoric ester groups is 1. The lowest BCUT2D eigenvalue weighted by Crippen LogP contribution is -2.38. The van der Waals surface area contributed by atoms with Crippen molar-refractivity contribution in [1.82, 2.24) is 19.5 Å². The fourth-order valence-electron chi connectivity index (χ4n) is 3.95. The highest BCUT2D eigenvalue weighted by molar-refractivity contribution is 9.10. The fourth-order valence-corrected chi connectivity index (χ4v) is 7.53. The second-order valence-corrected chi connectivity index (χ2v) is 13.6. The third kappa shape index (κ3) is 7.76. The molecule has 6 atom stereocenters. The highest BCUT2D eigenvalue weighted by Crippen LogP contribution is 2.66. The molecular formula is C18H22BrN6O15P3.